The summed E-state index contributed by atoms with van der Waals surface area (Å²) in [6.07, 6.45) is 2.20. The van der Waals surface area contributed by atoms with E-state index >= 15 is 0 Å². The van der Waals surface area contributed by atoms with E-state index in [1.807, 2.05) is 24.3 Å². The lowest BCUT2D eigenvalue weighted by molar-refractivity contribution is 0.0556. The third-order valence-corrected chi connectivity index (χ3v) is 3.94. The normalized spacial score (nSPS) is 16.5. The first-order valence-electron chi connectivity index (χ1n) is 7.92. The number of benzene rings is 1. The van der Waals surface area contributed by atoms with Crippen LogP contribution in [0, 0.1) is 5.92 Å². The molecule has 1 aliphatic rings. The van der Waals surface area contributed by atoms with Crippen molar-refractivity contribution in [2.45, 2.75) is 45.4 Å². The van der Waals surface area contributed by atoms with Crippen molar-refractivity contribution in [3.8, 4) is 5.75 Å². The molecule has 1 aromatic carbocycles. The van der Waals surface area contributed by atoms with Gasteiger partial charge in [0.05, 0.1) is 0 Å². The number of hydrogen-bond acceptors (Lipinski definition) is 4. The van der Waals surface area contributed by atoms with E-state index in [2.05, 4.69) is 18.7 Å². The van der Waals surface area contributed by atoms with Gasteiger partial charge in [0.1, 0.15) is 18.5 Å². The van der Waals surface area contributed by atoms with Gasteiger partial charge in [-0.15, -0.1) is 0 Å². The Morgan fingerprint density at radius 2 is 2.14 bits per heavy atom. The highest BCUT2D eigenvalue weighted by Crippen LogP contribution is 2.30. The summed E-state index contributed by atoms with van der Waals surface area (Å²) in [5.41, 5.74) is 6.66. The minimum absolute atomic E-state index is 0.321. The summed E-state index contributed by atoms with van der Waals surface area (Å²) < 4.78 is 5.68. The highest BCUT2D eigenvalue weighted by atomic mass is 16.5. The Morgan fingerprint density at radius 3 is 2.76 bits per heavy atom. The molecule has 0 amide bonds. The van der Waals surface area contributed by atoms with Crippen molar-refractivity contribution in [2.75, 3.05) is 19.7 Å². The Kier molecular flexibility index (Phi) is 6.03. The van der Waals surface area contributed by atoms with Gasteiger partial charge in [-0.05, 0) is 50.3 Å². The lowest BCUT2D eigenvalue weighted by atomic mass is 10.2. The number of nitrogens with zero attached hydrogens (tertiary/aromatic N) is 1. The third-order valence-electron chi connectivity index (χ3n) is 3.94. The zero-order valence-electron chi connectivity index (χ0n) is 13.2. The number of hydrogen-bond donors (Lipinski definition) is 2. The molecule has 1 fully saturated rings. The van der Waals surface area contributed by atoms with Crippen LogP contribution in [0.1, 0.15) is 32.3 Å². The predicted molar refractivity (Wildman–Crippen MR) is 85.3 cm³/mol. The summed E-state index contributed by atoms with van der Waals surface area (Å²) >= 11 is 0. The Morgan fingerprint density at radius 1 is 1.38 bits per heavy atom. The molecule has 2 rings (SSSR count). The first-order chi connectivity index (χ1) is 10.1. The predicted octanol–water partition coefficient (Wildman–Crippen LogP) is 2.01. The fourth-order valence-corrected chi connectivity index (χ4v) is 2.41. The van der Waals surface area contributed by atoms with Crippen molar-refractivity contribution >= 4 is 0 Å². The van der Waals surface area contributed by atoms with E-state index in [1.54, 1.807) is 0 Å². The van der Waals surface area contributed by atoms with Crippen LogP contribution in [0.2, 0.25) is 0 Å². The first-order valence-corrected chi connectivity index (χ1v) is 7.92. The number of ether oxygens (including phenoxy) is 1. The van der Waals surface area contributed by atoms with E-state index in [-0.39, 0.29) is 0 Å². The van der Waals surface area contributed by atoms with Gasteiger partial charge in [-0.3, -0.25) is 4.90 Å². The molecule has 1 saturated carbocycles. The molecule has 0 aliphatic heterocycles. The minimum atomic E-state index is -0.465. The van der Waals surface area contributed by atoms with Crippen molar-refractivity contribution in [1.82, 2.24) is 4.90 Å². The number of aliphatic hydroxyl groups excluding tert-OH is 1. The van der Waals surface area contributed by atoms with Crippen molar-refractivity contribution in [3.05, 3.63) is 29.8 Å². The van der Waals surface area contributed by atoms with Crippen LogP contribution < -0.4 is 10.5 Å². The van der Waals surface area contributed by atoms with Crippen molar-refractivity contribution in [3.63, 3.8) is 0 Å². The smallest absolute Gasteiger partial charge is 0.119 e. The summed E-state index contributed by atoms with van der Waals surface area (Å²) in [6.45, 7) is 6.95. The number of aliphatic hydroxyl groups is 1. The molecule has 0 heterocycles. The average Bonchev–Trinajstić information content (AvgIpc) is 3.28. The van der Waals surface area contributed by atoms with Crippen LogP contribution in [0.25, 0.3) is 0 Å². The SMILES string of the molecule is CC(C)N(CC(O)COc1cccc(CN)c1)CC1CC1. The number of rotatable bonds is 9. The van der Waals surface area contributed by atoms with Crippen molar-refractivity contribution < 1.29 is 9.84 Å². The monoisotopic (exact) mass is 292 g/mol. The van der Waals surface area contributed by atoms with E-state index in [0.29, 0.717) is 25.7 Å². The molecule has 118 valence electrons. The van der Waals surface area contributed by atoms with Gasteiger partial charge in [-0.1, -0.05) is 12.1 Å². The minimum Gasteiger partial charge on any atom is -0.491 e. The van der Waals surface area contributed by atoms with Crippen LogP contribution in [-0.2, 0) is 6.54 Å². The maximum Gasteiger partial charge on any atom is 0.119 e. The van der Waals surface area contributed by atoms with Crippen LogP contribution in [0.15, 0.2) is 24.3 Å². The summed E-state index contributed by atoms with van der Waals surface area (Å²) in [7, 11) is 0. The van der Waals surface area contributed by atoms with Crippen LogP contribution in [0.3, 0.4) is 0 Å². The second-order valence-corrected chi connectivity index (χ2v) is 6.31. The lowest BCUT2D eigenvalue weighted by Crippen LogP contribution is -2.40. The molecule has 0 spiro atoms. The molecule has 4 nitrogen and oxygen atoms in total. The Labute approximate surface area is 127 Å². The molecular formula is C17H28N2O2. The van der Waals surface area contributed by atoms with E-state index < -0.39 is 6.10 Å². The summed E-state index contributed by atoms with van der Waals surface area (Å²) in [6, 6.07) is 8.19. The fourth-order valence-electron chi connectivity index (χ4n) is 2.41. The fraction of sp³-hybridized carbons (Fsp3) is 0.647. The largest absolute Gasteiger partial charge is 0.491 e. The standard InChI is InChI=1S/C17H28N2O2/c1-13(2)19(10-14-6-7-14)11-16(20)12-21-17-5-3-4-15(8-17)9-18/h3-5,8,13-14,16,20H,6-7,9-12,18H2,1-2H3. The van der Waals surface area contributed by atoms with Gasteiger partial charge in [0.2, 0.25) is 0 Å². The van der Waals surface area contributed by atoms with Gasteiger partial charge in [-0.25, -0.2) is 0 Å². The van der Waals surface area contributed by atoms with Gasteiger partial charge < -0.3 is 15.6 Å². The molecule has 21 heavy (non-hydrogen) atoms. The summed E-state index contributed by atoms with van der Waals surface area (Å²) in [5.74, 6) is 1.61. The quantitative estimate of drug-likeness (QED) is 0.731. The maximum absolute atomic E-state index is 10.2. The molecule has 0 saturated heterocycles. The second-order valence-electron chi connectivity index (χ2n) is 6.31. The molecule has 0 bridgehead atoms. The Bertz CT molecular complexity index is 433. The van der Waals surface area contributed by atoms with Crippen LogP contribution in [0.4, 0.5) is 0 Å². The van der Waals surface area contributed by atoms with Crippen molar-refractivity contribution in [2.24, 2.45) is 11.7 Å². The highest BCUT2D eigenvalue weighted by molar-refractivity contribution is 5.28. The van der Waals surface area contributed by atoms with Crippen LogP contribution in [-0.4, -0.2) is 41.8 Å². The third kappa shape index (κ3) is 5.65. The molecule has 0 aromatic heterocycles. The Hall–Kier alpha value is -1.10. The highest BCUT2D eigenvalue weighted by Gasteiger charge is 2.26. The maximum atomic E-state index is 10.2. The molecule has 1 aliphatic carbocycles. The zero-order valence-corrected chi connectivity index (χ0v) is 13.2. The Balaban J connectivity index is 1.78. The van der Waals surface area contributed by atoms with Gasteiger partial charge in [0.15, 0.2) is 0 Å². The first kappa shape index (κ1) is 16.3. The van der Waals surface area contributed by atoms with Crippen LogP contribution in [0.5, 0.6) is 5.75 Å². The van der Waals surface area contributed by atoms with E-state index in [4.69, 9.17) is 10.5 Å². The molecule has 3 N–H and O–H groups in total. The topological polar surface area (TPSA) is 58.7 Å². The van der Waals surface area contributed by atoms with E-state index in [1.165, 1.54) is 12.8 Å². The molecule has 4 heteroatoms. The molecular weight excluding hydrogens is 264 g/mol. The van der Waals surface area contributed by atoms with Gasteiger partial charge in [0, 0.05) is 25.7 Å². The second kappa shape index (κ2) is 7.78. The summed E-state index contributed by atoms with van der Waals surface area (Å²) in [4.78, 5) is 2.35. The van der Waals surface area contributed by atoms with E-state index in [9.17, 15) is 5.11 Å². The molecule has 1 unspecified atom stereocenters. The van der Waals surface area contributed by atoms with Gasteiger partial charge in [0.25, 0.3) is 0 Å². The average molecular weight is 292 g/mol. The number of nitrogens with two attached hydrogens (primary N) is 1. The van der Waals surface area contributed by atoms with Crippen molar-refractivity contribution in [1.29, 1.82) is 0 Å². The van der Waals surface area contributed by atoms with Gasteiger partial charge in [-0.2, -0.15) is 0 Å². The molecule has 1 atom stereocenters. The van der Waals surface area contributed by atoms with E-state index in [0.717, 1.165) is 23.8 Å². The lowest BCUT2D eigenvalue weighted by Gasteiger charge is -2.28. The summed E-state index contributed by atoms with van der Waals surface area (Å²) in [5, 5.41) is 10.2. The molecule has 1 aromatic rings. The van der Waals surface area contributed by atoms with Crippen LogP contribution >= 0.6 is 0 Å². The van der Waals surface area contributed by atoms with Gasteiger partial charge >= 0.3 is 0 Å². The molecule has 0 radical (unpaired) electrons. The zero-order chi connectivity index (χ0) is 15.2.